The smallest absolute Gasteiger partial charge is 0.222 e. The fraction of sp³-hybridized carbons (Fsp3) is 0.364. The molecule has 0 radical (unpaired) electrons. The normalized spacial score (nSPS) is 14.9. The molecule has 4 nitrogen and oxygen atoms in total. The van der Waals surface area contributed by atoms with Crippen molar-refractivity contribution in [1.29, 1.82) is 0 Å². The van der Waals surface area contributed by atoms with Crippen LogP contribution in [0.5, 0.6) is 0 Å². The zero-order chi connectivity index (χ0) is 19.9. The average molecular weight is 386 g/mol. The number of rotatable bonds is 7. The number of nitrogens with zero attached hydrogens (tertiary/aromatic N) is 2. The average Bonchev–Trinajstić information content (AvgIpc) is 2.70. The highest BCUT2D eigenvalue weighted by Gasteiger charge is 2.22. The van der Waals surface area contributed by atoms with Crippen molar-refractivity contribution in [3.63, 3.8) is 0 Å². The first kappa shape index (κ1) is 20.1. The first-order valence-corrected chi connectivity index (χ1v) is 9.54. The Morgan fingerprint density at radius 2 is 1.39 bits per heavy atom. The highest BCUT2D eigenvalue weighted by Crippen LogP contribution is 2.11. The van der Waals surface area contributed by atoms with Crippen molar-refractivity contribution in [3.8, 4) is 0 Å². The number of amides is 1. The van der Waals surface area contributed by atoms with E-state index in [4.69, 9.17) is 0 Å². The predicted octanol–water partition coefficient (Wildman–Crippen LogP) is 3.31. The molecule has 0 saturated carbocycles. The summed E-state index contributed by atoms with van der Waals surface area (Å²) >= 11 is 0. The number of Topliss-reactive ketones (excluding diaryl/α,β-unsaturated/α-hetero) is 1. The molecule has 0 atom stereocenters. The molecule has 1 aliphatic heterocycles. The van der Waals surface area contributed by atoms with Gasteiger partial charge >= 0.3 is 0 Å². The number of piperazine rings is 1. The maximum absolute atomic E-state index is 13.0. The Balaban J connectivity index is 1.38. The van der Waals surface area contributed by atoms with E-state index >= 15 is 0 Å². The summed E-state index contributed by atoms with van der Waals surface area (Å²) in [6.07, 6.45) is 1.94. The van der Waals surface area contributed by atoms with Crippen LogP contribution in [0.4, 0.5) is 8.78 Å². The summed E-state index contributed by atoms with van der Waals surface area (Å²) in [5.41, 5.74) is 1.53. The molecule has 1 amide bonds. The van der Waals surface area contributed by atoms with Crippen molar-refractivity contribution in [1.82, 2.24) is 9.80 Å². The lowest BCUT2D eigenvalue weighted by molar-refractivity contribution is -0.132. The number of halogens is 2. The van der Waals surface area contributed by atoms with Gasteiger partial charge in [-0.25, -0.2) is 8.78 Å². The molecule has 2 aromatic rings. The summed E-state index contributed by atoms with van der Waals surface area (Å²) in [7, 11) is 0. The van der Waals surface area contributed by atoms with Gasteiger partial charge in [0.25, 0.3) is 0 Å². The minimum absolute atomic E-state index is 0.0425. The van der Waals surface area contributed by atoms with E-state index in [1.54, 1.807) is 12.1 Å². The lowest BCUT2D eigenvalue weighted by Crippen LogP contribution is -2.49. The highest BCUT2D eigenvalue weighted by atomic mass is 19.1. The standard InChI is InChI=1S/C22H24F2N2O2/c23-19-8-4-17(5-9-19)2-1-3-22(28)26-14-12-25(13-15-26)16-21(27)18-6-10-20(24)11-7-18/h4-11H,1-3,12-16H2. The number of carbonyl (C=O) groups is 2. The van der Waals surface area contributed by atoms with Gasteiger partial charge in [-0.05, 0) is 54.8 Å². The Labute approximate surface area is 163 Å². The molecule has 0 unspecified atom stereocenters. The first-order chi connectivity index (χ1) is 13.5. The van der Waals surface area contributed by atoms with E-state index in [9.17, 15) is 18.4 Å². The highest BCUT2D eigenvalue weighted by molar-refractivity contribution is 5.97. The van der Waals surface area contributed by atoms with Gasteiger partial charge in [-0.15, -0.1) is 0 Å². The summed E-state index contributed by atoms with van der Waals surface area (Å²) in [4.78, 5) is 28.5. The van der Waals surface area contributed by atoms with E-state index in [0.717, 1.165) is 18.4 Å². The van der Waals surface area contributed by atoms with Crippen LogP contribution < -0.4 is 0 Å². The number of benzene rings is 2. The molecule has 1 aliphatic rings. The van der Waals surface area contributed by atoms with E-state index in [1.165, 1.54) is 36.4 Å². The van der Waals surface area contributed by atoms with Crippen molar-refractivity contribution in [2.75, 3.05) is 32.7 Å². The van der Waals surface area contributed by atoms with Crippen LogP contribution in [0.15, 0.2) is 48.5 Å². The molecular formula is C22H24F2N2O2. The molecule has 1 heterocycles. The van der Waals surface area contributed by atoms with Crippen LogP contribution in [0.1, 0.15) is 28.8 Å². The monoisotopic (exact) mass is 386 g/mol. The third-order valence-corrected chi connectivity index (χ3v) is 5.03. The van der Waals surface area contributed by atoms with Crippen molar-refractivity contribution >= 4 is 11.7 Å². The minimum atomic E-state index is -0.358. The van der Waals surface area contributed by atoms with E-state index in [1.807, 2.05) is 9.80 Å². The van der Waals surface area contributed by atoms with Crippen LogP contribution in [0.2, 0.25) is 0 Å². The lowest BCUT2D eigenvalue weighted by atomic mass is 10.1. The minimum Gasteiger partial charge on any atom is -0.340 e. The van der Waals surface area contributed by atoms with Gasteiger partial charge in [0.2, 0.25) is 5.91 Å². The summed E-state index contributed by atoms with van der Waals surface area (Å²) in [5, 5.41) is 0. The van der Waals surface area contributed by atoms with Gasteiger partial charge in [0, 0.05) is 38.2 Å². The molecule has 0 aliphatic carbocycles. The quantitative estimate of drug-likeness (QED) is 0.686. The van der Waals surface area contributed by atoms with Crippen molar-refractivity contribution in [3.05, 3.63) is 71.3 Å². The number of hydrogen-bond donors (Lipinski definition) is 0. The van der Waals surface area contributed by atoms with Gasteiger partial charge in [-0.3, -0.25) is 14.5 Å². The Bertz CT molecular complexity index is 798. The molecule has 3 rings (SSSR count). The zero-order valence-electron chi connectivity index (χ0n) is 15.7. The number of aryl methyl sites for hydroxylation is 1. The summed E-state index contributed by atoms with van der Waals surface area (Å²) in [6.45, 7) is 2.78. The summed E-state index contributed by atoms with van der Waals surface area (Å²) in [5.74, 6) is -0.538. The SMILES string of the molecule is O=C(CN1CCN(C(=O)CCCc2ccc(F)cc2)CC1)c1ccc(F)cc1. The summed E-state index contributed by atoms with van der Waals surface area (Å²) in [6, 6.07) is 11.9. The van der Waals surface area contributed by atoms with Gasteiger partial charge in [0.05, 0.1) is 6.54 Å². The molecule has 0 spiro atoms. The molecule has 2 aromatic carbocycles. The van der Waals surface area contributed by atoms with Gasteiger partial charge in [0.15, 0.2) is 5.78 Å². The third-order valence-electron chi connectivity index (χ3n) is 5.03. The fourth-order valence-electron chi connectivity index (χ4n) is 3.34. The van der Waals surface area contributed by atoms with Crippen LogP contribution in [-0.4, -0.2) is 54.2 Å². The Morgan fingerprint density at radius 3 is 2.00 bits per heavy atom. The Morgan fingerprint density at radius 1 is 0.821 bits per heavy atom. The van der Waals surface area contributed by atoms with Crippen LogP contribution in [0.3, 0.4) is 0 Å². The van der Waals surface area contributed by atoms with Gasteiger partial charge in [-0.2, -0.15) is 0 Å². The van der Waals surface area contributed by atoms with Crippen LogP contribution in [-0.2, 0) is 11.2 Å². The fourth-order valence-corrected chi connectivity index (χ4v) is 3.34. The molecule has 0 aromatic heterocycles. The first-order valence-electron chi connectivity index (χ1n) is 9.54. The van der Waals surface area contributed by atoms with Crippen LogP contribution in [0, 0.1) is 11.6 Å². The van der Waals surface area contributed by atoms with E-state index in [0.29, 0.717) is 38.2 Å². The largest absolute Gasteiger partial charge is 0.340 e. The molecule has 6 heteroatoms. The Hall–Kier alpha value is -2.60. The van der Waals surface area contributed by atoms with Gasteiger partial charge in [-0.1, -0.05) is 12.1 Å². The second-order valence-electron chi connectivity index (χ2n) is 7.07. The molecule has 1 saturated heterocycles. The number of carbonyl (C=O) groups excluding carboxylic acids is 2. The maximum Gasteiger partial charge on any atom is 0.222 e. The van der Waals surface area contributed by atoms with Gasteiger partial charge in [0.1, 0.15) is 11.6 Å². The second kappa shape index (κ2) is 9.55. The molecular weight excluding hydrogens is 362 g/mol. The van der Waals surface area contributed by atoms with Crippen molar-refractivity contribution in [2.24, 2.45) is 0 Å². The summed E-state index contributed by atoms with van der Waals surface area (Å²) < 4.78 is 25.9. The van der Waals surface area contributed by atoms with E-state index in [2.05, 4.69) is 0 Å². The van der Waals surface area contributed by atoms with Crippen molar-refractivity contribution < 1.29 is 18.4 Å². The lowest BCUT2D eigenvalue weighted by Gasteiger charge is -2.34. The number of hydrogen-bond acceptors (Lipinski definition) is 3. The topological polar surface area (TPSA) is 40.6 Å². The molecule has 28 heavy (non-hydrogen) atoms. The number of ketones is 1. The predicted molar refractivity (Wildman–Crippen MR) is 103 cm³/mol. The third kappa shape index (κ3) is 5.70. The molecule has 148 valence electrons. The maximum atomic E-state index is 13.0. The van der Waals surface area contributed by atoms with Crippen LogP contribution in [0.25, 0.3) is 0 Å². The van der Waals surface area contributed by atoms with Gasteiger partial charge < -0.3 is 4.90 Å². The van der Waals surface area contributed by atoms with Crippen molar-refractivity contribution in [2.45, 2.75) is 19.3 Å². The van der Waals surface area contributed by atoms with E-state index < -0.39 is 0 Å². The Kier molecular flexibility index (Phi) is 6.87. The van der Waals surface area contributed by atoms with E-state index in [-0.39, 0.29) is 29.9 Å². The molecule has 0 N–H and O–H groups in total. The van der Waals surface area contributed by atoms with Crippen LogP contribution >= 0.6 is 0 Å². The second-order valence-corrected chi connectivity index (χ2v) is 7.07. The molecule has 1 fully saturated rings. The zero-order valence-corrected chi connectivity index (χ0v) is 15.7. The molecule has 0 bridgehead atoms.